The van der Waals surface area contributed by atoms with Gasteiger partial charge in [0.2, 0.25) is 11.7 Å². The Kier molecular flexibility index (Phi) is 5.81. The normalized spacial score (nSPS) is 10.8. The smallest absolute Gasteiger partial charge is 0.234 e. The van der Waals surface area contributed by atoms with E-state index in [4.69, 9.17) is 4.42 Å². The van der Waals surface area contributed by atoms with Gasteiger partial charge in [0.1, 0.15) is 23.2 Å². The molecule has 9 heteroatoms. The Balaban J connectivity index is 1.42. The predicted octanol–water partition coefficient (Wildman–Crippen LogP) is 5.42. The number of carbonyl (C=O) groups is 1. The SMILES string of the molecule is N#Cc1oc2ccccc2c1NC(=O)CSc1nnc(-c2ccccc2)n1-c1ccc(F)cc1. The summed E-state index contributed by atoms with van der Waals surface area (Å²) in [5.74, 6) is -0.0586. The van der Waals surface area contributed by atoms with Gasteiger partial charge in [-0.25, -0.2) is 4.39 Å². The summed E-state index contributed by atoms with van der Waals surface area (Å²) >= 11 is 1.18. The number of nitriles is 1. The molecule has 0 unspecified atom stereocenters. The highest BCUT2D eigenvalue weighted by atomic mass is 32.2. The molecule has 1 N–H and O–H groups in total. The number of amides is 1. The molecule has 2 heterocycles. The minimum atomic E-state index is -0.354. The number of anilines is 1. The molecule has 0 radical (unpaired) electrons. The molecule has 0 aliphatic carbocycles. The summed E-state index contributed by atoms with van der Waals surface area (Å²) in [6.45, 7) is 0. The van der Waals surface area contributed by atoms with E-state index in [2.05, 4.69) is 15.5 Å². The van der Waals surface area contributed by atoms with Crippen LogP contribution in [-0.4, -0.2) is 26.4 Å². The number of benzene rings is 3. The summed E-state index contributed by atoms with van der Waals surface area (Å²) in [6.07, 6.45) is 0. The number of hydrogen-bond acceptors (Lipinski definition) is 6. The Morgan fingerprint density at radius 3 is 2.53 bits per heavy atom. The quantitative estimate of drug-likeness (QED) is 0.334. The van der Waals surface area contributed by atoms with Crippen molar-refractivity contribution in [1.29, 1.82) is 5.26 Å². The second kappa shape index (κ2) is 9.21. The molecule has 5 aromatic rings. The lowest BCUT2D eigenvalue weighted by molar-refractivity contribution is -0.113. The Labute approximate surface area is 197 Å². The first kappa shape index (κ1) is 21.4. The number of furan rings is 1. The van der Waals surface area contributed by atoms with E-state index in [1.807, 2.05) is 36.4 Å². The predicted molar refractivity (Wildman–Crippen MR) is 127 cm³/mol. The number of nitrogens with one attached hydrogen (secondary N) is 1. The first-order chi connectivity index (χ1) is 16.6. The third-order valence-electron chi connectivity index (χ3n) is 5.04. The number of nitrogens with zero attached hydrogens (tertiary/aromatic N) is 4. The number of para-hydroxylation sites is 1. The minimum absolute atomic E-state index is 0.0124. The molecule has 0 aliphatic rings. The number of hydrogen-bond donors (Lipinski definition) is 1. The fourth-order valence-electron chi connectivity index (χ4n) is 3.51. The molecule has 0 saturated heterocycles. The molecule has 0 fully saturated rings. The van der Waals surface area contributed by atoms with Crippen molar-refractivity contribution >= 4 is 34.3 Å². The largest absolute Gasteiger partial charge is 0.443 e. The Morgan fingerprint density at radius 1 is 1.03 bits per heavy atom. The van der Waals surface area contributed by atoms with Gasteiger partial charge in [0.25, 0.3) is 0 Å². The van der Waals surface area contributed by atoms with Crippen molar-refractivity contribution in [2.75, 3.05) is 11.1 Å². The van der Waals surface area contributed by atoms with Crippen molar-refractivity contribution in [1.82, 2.24) is 14.8 Å². The molecule has 1 amide bonds. The van der Waals surface area contributed by atoms with Gasteiger partial charge in [-0.3, -0.25) is 9.36 Å². The highest BCUT2D eigenvalue weighted by Crippen LogP contribution is 2.31. The molecular formula is C25H16FN5O2S. The Morgan fingerprint density at radius 2 is 1.76 bits per heavy atom. The van der Waals surface area contributed by atoms with E-state index < -0.39 is 0 Å². The van der Waals surface area contributed by atoms with Gasteiger partial charge in [-0.15, -0.1) is 10.2 Å². The van der Waals surface area contributed by atoms with Gasteiger partial charge in [0, 0.05) is 16.6 Å². The zero-order chi connectivity index (χ0) is 23.5. The van der Waals surface area contributed by atoms with Crippen LogP contribution in [0.25, 0.3) is 28.0 Å². The molecule has 34 heavy (non-hydrogen) atoms. The van der Waals surface area contributed by atoms with Crippen LogP contribution in [0, 0.1) is 17.1 Å². The lowest BCUT2D eigenvalue weighted by Crippen LogP contribution is -2.15. The van der Waals surface area contributed by atoms with Crippen LogP contribution >= 0.6 is 11.8 Å². The molecular weight excluding hydrogens is 453 g/mol. The van der Waals surface area contributed by atoms with Crippen LogP contribution in [0.4, 0.5) is 10.1 Å². The van der Waals surface area contributed by atoms with E-state index in [1.54, 1.807) is 41.0 Å². The van der Waals surface area contributed by atoms with Crippen LogP contribution in [0.15, 0.2) is 88.4 Å². The van der Waals surface area contributed by atoms with Crippen LogP contribution in [0.1, 0.15) is 5.76 Å². The molecule has 0 aliphatic heterocycles. The second-order valence-corrected chi connectivity index (χ2v) is 8.18. The van der Waals surface area contributed by atoms with Crippen LogP contribution < -0.4 is 5.32 Å². The summed E-state index contributed by atoms with van der Waals surface area (Å²) < 4.78 is 20.8. The number of halogens is 1. The van der Waals surface area contributed by atoms with Crippen molar-refractivity contribution in [2.24, 2.45) is 0 Å². The fourth-order valence-corrected chi connectivity index (χ4v) is 4.27. The van der Waals surface area contributed by atoms with Gasteiger partial charge in [0.15, 0.2) is 11.0 Å². The average molecular weight is 470 g/mol. The maximum atomic E-state index is 13.5. The molecule has 2 aromatic heterocycles. The third-order valence-corrected chi connectivity index (χ3v) is 5.97. The number of fused-ring (bicyclic) bond motifs is 1. The van der Waals surface area contributed by atoms with Gasteiger partial charge >= 0.3 is 0 Å². The van der Waals surface area contributed by atoms with Crippen LogP contribution in [-0.2, 0) is 4.79 Å². The Hall–Kier alpha value is -4.42. The average Bonchev–Trinajstić information content (AvgIpc) is 3.45. The lowest BCUT2D eigenvalue weighted by Gasteiger charge is -2.10. The number of rotatable bonds is 6. The minimum Gasteiger partial charge on any atom is -0.443 e. The van der Waals surface area contributed by atoms with Crippen molar-refractivity contribution in [3.05, 3.63) is 90.4 Å². The van der Waals surface area contributed by atoms with E-state index in [0.29, 0.717) is 33.3 Å². The molecule has 0 spiro atoms. The second-order valence-electron chi connectivity index (χ2n) is 7.24. The lowest BCUT2D eigenvalue weighted by atomic mass is 10.2. The Bertz CT molecular complexity index is 1520. The van der Waals surface area contributed by atoms with Crippen molar-refractivity contribution in [2.45, 2.75) is 5.16 Å². The van der Waals surface area contributed by atoms with Gasteiger partial charge < -0.3 is 9.73 Å². The van der Waals surface area contributed by atoms with Crippen LogP contribution in [0.5, 0.6) is 0 Å². The highest BCUT2D eigenvalue weighted by Gasteiger charge is 2.19. The third kappa shape index (κ3) is 4.14. The van der Waals surface area contributed by atoms with Gasteiger partial charge in [0.05, 0.1) is 5.75 Å². The molecule has 0 atom stereocenters. The van der Waals surface area contributed by atoms with Crippen LogP contribution in [0.3, 0.4) is 0 Å². The highest BCUT2D eigenvalue weighted by molar-refractivity contribution is 7.99. The molecule has 5 rings (SSSR count). The topological polar surface area (TPSA) is 96.7 Å². The first-order valence-corrected chi connectivity index (χ1v) is 11.2. The van der Waals surface area contributed by atoms with Gasteiger partial charge in [-0.1, -0.05) is 54.2 Å². The van der Waals surface area contributed by atoms with E-state index in [0.717, 1.165) is 5.56 Å². The van der Waals surface area contributed by atoms with Gasteiger partial charge in [-0.05, 0) is 36.4 Å². The first-order valence-electron chi connectivity index (χ1n) is 10.2. The summed E-state index contributed by atoms with van der Waals surface area (Å²) in [5.41, 5.74) is 2.36. The van der Waals surface area contributed by atoms with Gasteiger partial charge in [-0.2, -0.15) is 5.26 Å². The zero-order valence-corrected chi connectivity index (χ0v) is 18.4. The molecule has 7 nitrogen and oxygen atoms in total. The summed E-state index contributed by atoms with van der Waals surface area (Å²) in [4.78, 5) is 12.8. The monoisotopic (exact) mass is 469 g/mol. The van der Waals surface area contributed by atoms with E-state index in [9.17, 15) is 14.4 Å². The summed E-state index contributed by atoms with van der Waals surface area (Å²) in [7, 11) is 0. The standard InChI is InChI=1S/C25H16FN5O2S/c26-17-10-12-18(13-11-17)31-24(16-6-2-1-3-7-16)29-30-25(31)34-15-22(32)28-23-19-8-4-5-9-20(19)33-21(23)14-27/h1-13H,15H2,(H,28,32). The zero-order valence-electron chi connectivity index (χ0n) is 17.6. The molecule has 166 valence electrons. The number of aromatic nitrogens is 3. The number of carbonyl (C=O) groups excluding carboxylic acids is 1. The fraction of sp³-hybridized carbons (Fsp3) is 0.0400. The van der Waals surface area contributed by atoms with Crippen LogP contribution in [0.2, 0.25) is 0 Å². The van der Waals surface area contributed by atoms with Crippen molar-refractivity contribution in [3.8, 4) is 23.1 Å². The van der Waals surface area contributed by atoms with Crippen molar-refractivity contribution < 1.29 is 13.6 Å². The van der Waals surface area contributed by atoms with Crippen molar-refractivity contribution in [3.63, 3.8) is 0 Å². The molecule has 0 bridgehead atoms. The maximum absolute atomic E-state index is 13.5. The van der Waals surface area contributed by atoms with E-state index in [1.165, 1.54) is 23.9 Å². The van der Waals surface area contributed by atoms with E-state index in [-0.39, 0.29) is 23.2 Å². The maximum Gasteiger partial charge on any atom is 0.234 e. The summed E-state index contributed by atoms with van der Waals surface area (Å²) in [5, 5.41) is 21.9. The number of thioether (sulfide) groups is 1. The summed E-state index contributed by atoms with van der Waals surface area (Å²) in [6, 6.07) is 24.5. The van der Waals surface area contributed by atoms with E-state index >= 15 is 0 Å². The molecule has 3 aromatic carbocycles. The molecule has 0 saturated carbocycles.